The summed E-state index contributed by atoms with van der Waals surface area (Å²) in [5.74, 6) is -0.979. The molecule has 3 aromatic rings. The second kappa shape index (κ2) is 10.6. The molecule has 4 amide bonds. The van der Waals surface area contributed by atoms with Crippen molar-refractivity contribution in [3.05, 3.63) is 101 Å². The standard InChI is InChI=1S/C27H25N3O5/c1-35-23-12-11-19(17-30-26(33)20-9-5-6-10-21(20)27(30)34)15-22(23)25(32)28-14-13-24(31)29-16-18-7-3-2-4-8-18/h2-12,15H,13-14,16-17H2,1H3,(H,28,32)(H,29,31). The maximum Gasteiger partial charge on any atom is 0.261 e. The first-order chi connectivity index (χ1) is 17.0. The number of ether oxygens (including phenoxy) is 1. The molecule has 0 atom stereocenters. The van der Waals surface area contributed by atoms with E-state index in [1.807, 2.05) is 30.3 Å². The van der Waals surface area contributed by atoms with Crippen LogP contribution in [0.3, 0.4) is 0 Å². The Morgan fingerprint density at radius 3 is 2.14 bits per heavy atom. The van der Waals surface area contributed by atoms with Gasteiger partial charge in [-0.2, -0.15) is 0 Å². The SMILES string of the molecule is COc1ccc(CN2C(=O)c3ccccc3C2=O)cc1C(=O)NCCC(=O)NCc1ccccc1. The van der Waals surface area contributed by atoms with Crippen molar-refractivity contribution in [3.8, 4) is 5.75 Å². The number of benzene rings is 3. The van der Waals surface area contributed by atoms with Gasteiger partial charge >= 0.3 is 0 Å². The Morgan fingerprint density at radius 2 is 1.49 bits per heavy atom. The third-order valence-electron chi connectivity index (χ3n) is 5.70. The lowest BCUT2D eigenvalue weighted by atomic mass is 10.1. The van der Waals surface area contributed by atoms with Crippen LogP contribution < -0.4 is 15.4 Å². The van der Waals surface area contributed by atoms with E-state index in [2.05, 4.69) is 10.6 Å². The number of nitrogens with zero attached hydrogens (tertiary/aromatic N) is 1. The normalized spacial score (nSPS) is 12.3. The molecule has 0 bridgehead atoms. The van der Waals surface area contributed by atoms with Crippen LogP contribution in [0, 0.1) is 0 Å². The zero-order chi connectivity index (χ0) is 24.8. The fraction of sp³-hybridized carbons (Fsp3) is 0.185. The number of hydrogen-bond acceptors (Lipinski definition) is 5. The van der Waals surface area contributed by atoms with E-state index in [0.29, 0.717) is 29.0 Å². The van der Waals surface area contributed by atoms with Gasteiger partial charge in [0.25, 0.3) is 17.7 Å². The predicted octanol–water partition coefficient (Wildman–Crippen LogP) is 2.93. The van der Waals surface area contributed by atoms with Crippen molar-refractivity contribution in [1.82, 2.24) is 15.5 Å². The first-order valence-corrected chi connectivity index (χ1v) is 11.2. The zero-order valence-corrected chi connectivity index (χ0v) is 19.2. The van der Waals surface area contributed by atoms with Crippen LogP contribution in [0.2, 0.25) is 0 Å². The van der Waals surface area contributed by atoms with Crippen molar-refractivity contribution in [2.45, 2.75) is 19.5 Å². The van der Waals surface area contributed by atoms with Crippen LogP contribution in [0.4, 0.5) is 0 Å². The minimum atomic E-state index is -0.415. The van der Waals surface area contributed by atoms with Crippen LogP contribution in [-0.2, 0) is 17.9 Å². The molecule has 1 heterocycles. The number of amides is 4. The number of methoxy groups -OCH3 is 1. The summed E-state index contributed by atoms with van der Waals surface area (Å²) >= 11 is 0. The highest BCUT2D eigenvalue weighted by Gasteiger charge is 2.35. The number of nitrogens with one attached hydrogen (secondary N) is 2. The third-order valence-corrected chi connectivity index (χ3v) is 5.70. The molecule has 178 valence electrons. The topological polar surface area (TPSA) is 105 Å². The summed E-state index contributed by atoms with van der Waals surface area (Å²) < 4.78 is 5.31. The quantitative estimate of drug-likeness (QED) is 0.467. The summed E-state index contributed by atoms with van der Waals surface area (Å²) in [6.45, 7) is 0.588. The summed E-state index contributed by atoms with van der Waals surface area (Å²) in [6.07, 6.45) is 0.121. The molecule has 8 nitrogen and oxygen atoms in total. The number of fused-ring (bicyclic) bond motifs is 1. The first-order valence-electron chi connectivity index (χ1n) is 11.2. The highest BCUT2D eigenvalue weighted by atomic mass is 16.5. The molecule has 3 aromatic carbocycles. The monoisotopic (exact) mass is 471 g/mol. The van der Waals surface area contributed by atoms with Gasteiger partial charge in [-0.15, -0.1) is 0 Å². The van der Waals surface area contributed by atoms with Crippen molar-refractivity contribution in [2.24, 2.45) is 0 Å². The Balaban J connectivity index is 1.36. The Morgan fingerprint density at radius 1 is 0.829 bits per heavy atom. The van der Waals surface area contributed by atoms with Crippen LogP contribution in [-0.4, -0.2) is 42.2 Å². The Hall–Kier alpha value is -4.46. The molecule has 35 heavy (non-hydrogen) atoms. The molecule has 0 spiro atoms. The Kier molecular flexibility index (Phi) is 7.21. The van der Waals surface area contributed by atoms with Crippen LogP contribution in [0.5, 0.6) is 5.75 Å². The van der Waals surface area contributed by atoms with Gasteiger partial charge in [-0.1, -0.05) is 48.5 Å². The van der Waals surface area contributed by atoms with E-state index < -0.39 is 5.91 Å². The van der Waals surface area contributed by atoms with Crippen molar-refractivity contribution in [2.75, 3.05) is 13.7 Å². The van der Waals surface area contributed by atoms with Gasteiger partial charge in [0.2, 0.25) is 5.91 Å². The predicted molar refractivity (Wildman–Crippen MR) is 129 cm³/mol. The van der Waals surface area contributed by atoms with Gasteiger partial charge in [-0.3, -0.25) is 24.1 Å². The summed E-state index contributed by atoms with van der Waals surface area (Å²) in [5.41, 5.74) is 2.59. The molecule has 0 saturated heterocycles. The molecule has 0 saturated carbocycles. The fourth-order valence-electron chi connectivity index (χ4n) is 3.87. The van der Waals surface area contributed by atoms with Gasteiger partial charge in [-0.25, -0.2) is 0 Å². The average Bonchev–Trinajstić information content (AvgIpc) is 3.13. The van der Waals surface area contributed by atoms with E-state index >= 15 is 0 Å². The van der Waals surface area contributed by atoms with E-state index in [4.69, 9.17) is 4.74 Å². The van der Waals surface area contributed by atoms with Gasteiger partial charge in [-0.05, 0) is 35.4 Å². The Labute approximate surface area is 202 Å². The van der Waals surface area contributed by atoms with E-state index in [1.54, 1.807) is 42.5 Å². The van der Waals surface area contributed by atoms with Crippen LogP contribution >= 0.6 is 0 Å². The van der Waals surface area contributed by atoms with Gasteiger partial charge in [0.1, 0.15) is 5.75 Å². The molecule has 1 aliphatic heterocycles. The second-order valence-corrected chi connectivity index (χ2v) is 8.04. The molecule has 1 aliphatic rings. The number of hydrogen-bond donors (Lipinski definition) is 2. The highest BCUT2D eigenvalue weighted by molar-refractivity contribution is 6.21. The summed E-state index contributed by atoms with van der Waals surface area (Å²) in [7, 11) is 1.45. The third kappa shape index (κ3) is 5.38. The van der Waals surface area contributed by atoms with Crippen LogP contribution in [0.25, 0.3) is 0 Å². The molecule has 4 rings (SSSR count). The van der Waals surface area contributed by atoms with Crippen molar-refractivity contribution in [1.29, 1.82) is 0 Å². The van der Waals surface area contributed by atoms with Crippen LogP contribution in [0.1, 0.15) is 48.6 Å². The molecule has 2 N–H and O–H groups in total. The van der Waals surface area contributed by atoms with Gasteiger partial charge < -0.3 is 15.4 Å². The van der Waals surface area contributed by atoms with Crippen molar-refractivity contribution in [3.63, 3.8) is 0 Å². The molecule has 0 aromatic heterocycles. The second-order valence-electron chi connectivity index (χ2n) is 8.04. The minimum absolute atomic E-state index is 0.0263. The lowest BCUT2D eigenvalue weighted by Crippen LogP contribution is -2.31. The first kappa shape index (κ1) is 23.7. The minimum Gasteiger partial charge on any atom is -0.496 e. The fourth-order valence-corrected chi connectivity index (χ4v) is 3.87. The van der Waals surface area contributed by atoms with Crippen molar-refractivity contribution < 1.29 is 23.9 Å². The van der Waals surface area contributed by atoms with Gasteiger partial charge in [0.15, 0.2) is 0 Å². The van der Waals surface area contributed by atoms with Gasteiger partial charge in [0, 0.05) is 19.5 Å². The molecule has 0 fully saturated rings. The maximum atomic E-state index is 12.8. The largest absolute Gasteiger partial charge is 0.496 e. The number of imide groups is 1. The molecular formula is C27H25N3O5. The zero-order valence-electron chi connectivity index (χ0n) is 19.2. The summed E-state index contributed by atoms with van der Waals surface area (Å²) in [4.78, 5) is 51.4. The van der Waals surface area contributed by atoms with E-state index in [1.165, 1.54) is 7.11 Å². The number of carbonyl (C=O) groups excluding carboxylic acids is 4. The van der Waals surface area contributed by atoms with Crippen molar-refractivity contribution >= 4 is 23.6 Å². The molecule has 8 heteroatoms. The van der Waals surface area contributed by atoms with E-state index in [0.717, 1.165) is 10.5 Å². The van der Waals surface area contributed by atoms with E-state index in [-0.39, 0.29) is 42.8 Å². The maximum absolute atomic E-state index is 12.8. The highest BCUT2D eigenvalue weighted by Crippen LogP contribution is 2.26. The number of rotatable bonds is 9. The summed E-state index contributed by atoms with van der Waals surface area (Å²) in [5, 5.41) is 5.54. The van der Waals surface area contributed by atoms with Crippen LogP contribution in [0.15, 0.2) is 72.8 Å². The van der Waals surface area contributed by atoms with Gasteiger partial charge in [0.05, 0.1) is 30.3 Å². The molecule has 0 unspecified atom stereocenters. The lowest BCUT2D eigenvalue weighted by Gasteiger charge is -2.16. The molecule has 0 radical (unpaired) electrons. The smallest absolute Gasteiger partial charge is 0.261 e. The number of carbonyl (C=O) groups is 4. The molecular weight excluding hydrogens is 446 g/mol. The average molecular weight is 472 g/mol. The summed E-state index contributed by atoms with van der Waals surface area (Å²) in [6, 6.07) is 21.1. The molecule has 0 aliphatic carbocycles. The van der Waals surface area contributed by atoms with E-state index in [9.17, 15) is 19.2 Å². The Bertz CT molecular complexity index is 1240. The lowest BCUT2D eigenvalue weighted by molar-refractivity contribution is -0.121.